The molecule has 2 heterocycles. The normalized spacial score (nSPS) is 14.3. The highest BCUT2D eigenvalue weighted by Crippen LogP contribution is 2.39. The van der Waals surface area contributed by atoms with Gasteiger partial charge in [0, 0.05) is 18.9 Å². The number of hydrogen-bond donors (Lipinski definition) is 1. The summed E-state index contributed by atoms with van der Waals surface area (Å²) in [5.74, 6) is 1.31. The Kier molecular flexibility index (Phi) is 3.74. The standard InChI is InChI=1S/C15H14ClN5OS/c16-11-4-2-1-3-10(11)14(22)17-8-7-12-20-21-13(9-5-6-9)18-19-15(21)23-12/h1-4,9H,5-8H2,(H,17,22). The third kappa shape index (κ3) is 2.94. The van der Waals surface area contributed by atoms with Gasteiger partial charge in [-0.05, 0) is 25.0 Å². The topological polar surface area (TPSA) is 72.2 Å². The molecule has 0 saturated heterocycles. The molecule has 0 atom stereocenters. The first-order valence-electron chi connectivity index (χ1n) is 7.46. The van der Waals surface area contributed by atoms with Crippen LogP contribution in [0.3, 0.4) is 0 Å². The molecule has 1 aromatic carbocycles. The summed E-state index contributed by atoms with van der Waals surface area (Å²) in [5, 5.41) is 17.2. The summed E-state index contributed by atoms with van der Waals surface area (Å²) in [5.41, 5.74) is 0.489. The molecule has 0 radical (unpaired) electrons. The molecule has 1 aliphatic carbocycles. The van der Waals surface area contributed by atoms with Crippen molar-refractivity contribution in [2.24, 2.45) is 0 Å². The molecule has 6 nitrogen and oxygen atoms in total. The molecule has 0 unspecified atom stereocenters. The fourth-order valence-electron chi connectivity index (χ4n) is 2.39. The van der Waals surface area contributed by atoms with Crippen LogP contribution in [0.5, 0.6) is 0 Å². The highest BCUT2D eigenvalue weighted by atomic mass is 35.5. The van der Waals surface area contributed by atoms with Gasteiger partial charge in [0.25, 0.3) is 5.91 Å². The zero-order valence-corrected chi connectivity index (χ0v) is 13.8. The number of rotatable bonds is 5. The number of halogens is 1. The van der Waals surface area contributed by atoms with E-state index in [1.54, 1.807) is 24.3 Å². The Labute approximate surface area is 141 Å². The number of hydrogen-bond acceptors (Lipinski definition) is 5. The molecule has 1 amide bonds. The number of amides is 1. The molecule has 0 spiro atoms. The van der Waals surface area contributed by atoms with E-state index < -0.39 is 0 Å². The lowest BCUT2D eigenvalue weighted by molar-refractivity contribution is 0.0954. The van der Waals surface area contributed by atoms with Crippen LogP contribution < -0.4 is 5.32 Å². The first kappa shape index (κ1) is 14.6. The van der Waals surface area contributed by atoms with Crippen LogP contribution in [-0.2, 0) is 6.42 Å². The van der Waals surface area contributed by atoms with Gasteiger partial charge < -0.3 is 5.32 Å². The van der Waals surface area contributed by atoms with Gasteiger partial charge in [-0.1, -0.05) is 35.1 Å². The van der Waals surface area contributed by atoms with Crippen molar-refractivity contribution >= 4 is 33.8 Å². The fourth-order valence-corrected chi connectivity index (χ4v) is 3.45. The Morgan fingerprint density at radius 1 is 1.35 bits per heavy atom. The lowest BCUT2D eigenvalue weighted by Crippen LogP contribution is -2.25. The number of aromatic nitrogens is 4. The van der Waals surface area contributed by atoms with Crippen LogP contribution >= 0.6 is 22.9 Å². The lowest BCUT2D eigenvalue weighted by Gasteiger charge is -2.05. The third-order valence-electron chi connectivity index (χ3n) is 3.74. The van der Waals surface area contributed by atoms with Crippen LogP contribution in [0.25, 0.3) is 4.96 Å². The fraction of sp³-hybridized carbons (Fsp3) is 0.333. The quantitative estimate of drug-likeness (QED) is 0.770. The molecule has 1 aliphatic rings. The van der Waals surface area contributed by atoms with Crippen LogP contribution in [0.15, 0.2) is 24.3 Å². The Balaban J connectivity index is 1.39. The molecule has 1 fully saturated rings. The van der Waals surface area contributed by atoms with Crippen molar-refractivity contribution in [2.45, 2.75) is 25.2 Å². The SMILES string of the molecule is O=C(NCCc1nn2c(C3CC3)nnc2s1)c1ccccc1Cl. The summed E-state index contributed by atoms with van der Waals surface area (Å²) < 4.78 is 1.84. The summed E-state index contributed by atoms with van der Waals surface area (Å²) in [6, 6.07) is 7.01. The maximum atomic E-state index is 12.1. The summed E-state index contributed by atoms with van der Waals surface area (Å²) in [7, 11) is 0. The smallest absolute Gasteiger partial charge is 0.252 e. The largest absolute Gasteiger partial charge is 0.352 e. The van der Waals surface area contributed by atoms with Crippen molar-refractivity contribution in [1.29, 1.82) is 0 Å². The van der Waals surface area contributed by atoms with Gasteiger partial charge in [-0.3, -0.25) is 4.79 Å². The molecule has 2 aromatic heterocycles. The summed E-state index contributed by atoms with van der Waals surface area (Å²) in [4.78, 5) is 12.9. The van der Waals surface area contributed by atoms with E-state index >= 15 is 0 Å². The molecular weight excluding hydrogens is 334 g/mol. The van der Waals surface area contributed by atoms with Crippen molar-refractivity contribution in [3.8, 4) is 0 Å². The van der Waals surface area contributed by atoms with Gasteiger partial charge in [-0.25, -0.2) is 0 Å². The Morgan fingerprint density at radius 2 is 2.17 bits per heavy atom. The number of carbonyl (C=O) groups is 1. The van der Waals surface area contributed by atoms with Gasteiger partial charge in [-0.15, -0.1) is 10.2 Å². The van der Waals surface area contributed by atoms with Crippen molar-refractivity contribution in [1.82, 2.24) is 25.1 Å². The van der Waals surface area contributed by atoms with E-state index in [0.717, 1.165) is 15.8 Å². The van der Waals surface area contributed by atoms with Crippen molar-refractivity contribution in [3.05, 3.63) is 45.7 Å². The predicted octanol–water partition coefficient (Wildman–Crippen LogP) is 2.69. The van der Waals surface area contributed by atoms with Crippen LogP contribution in [0.2, 0.25) is 5.02 Å². The van der Waals surface area contributed by atoms with Gasteiger partial charge in [-0.2, -0.15) is 9.61 Å². The highest BCUT2D eigenvalue weighted by Gasteiger charge is 2.29. The first-order valence-corrected chi connectivity index (χ1v) is 8.65. The Hall–Kier alpha value is -1.99. The summed E-state index contributed by atoms with van der Waals surface area (Å²) in [6.07, 6.45) is 3.00. The van der Waals surface area contributed by atoms with Crippen LogP contribution in [-0.4, -0.2) is 32.3 Å². The van der Waals surface area contributed by atoms with E-state index in [9.17, 15) is 4.79 Å². The second kappa shape index (κ2) is 5.90. The van der Waals surface area contributed by atoms with E-state index in [0.29, 0.717) is 29.5 Å². The maximum absolute atomic E-state index is 12.1. The predicted molar refractivity (Wildman–Crippen MR) is 88.1 cm³/mol. The maximum Gasteiger partial charge on any atom is 0.252 e. The Morgan fingerprint density at radius 3 is 2.96 bits per heavy atom. The lowest BCUT2D eigenvalue weighted by atomic mass is 10.2. The average Bonchev–Trinajstić information content (AvgIpc) is 3.18. The van der Waals surface area contributed by atoms with E-state index in [-0.39, 0.29) is 5.91 Å². The number of nitrogens with zero attached hydrogens (tertiary/aromatic N) is 4. The Bertz CT molecular complexity index is 870. The monoisotopic (exact) mass is 347 g/mol. The minimum Gasteiger partial charge on any atom is -0.352 e. The minimum absolute atomic E-state index is 0.169. The molecular formula is C15H14ClN5OS. The van der Waals surface area contributed by atoms with Crippen molar-refractivity contribution in [2.75, 3.05) is 6.54 Å². The summed E-state index contributed by atoms with van der Waals surface area (Å²) in [6.45, 7) is 0.507. The molecule has 23 heavy (non-hydrogen) atoms. The van der Waals surface area contributed by atoms with Gasteiger partial charge in [0.1, 0.15) is 5.01 Å². The molecule has 1 N–H and O–H groups in total. The molecule has 1 saturated carbocycles. The van der Waals surface area contributed by atoms with Gasteiger partial charge in [0.05, 0.1) is 10.6 Å². The van der Waals surface area contributed by atoms with E-state index in [2.05, 4.69) is 20.6 Å². The molecule has 0 bridgehead atoms. The van der Waals surface area contributed by atoms with E-state index in [1.165, 1.54) is 24.2 Å². The second-order valence-corrected chi connectivity index (χ2v) is 6.96. The van der Waals surface area contributed by atoms with Crippen molar-refractivity contribution < 1.29 is 4.79 Å². The number of benzene rings is 1. The highest BCUT2D eigenvalue weighted by molar-refractivity contribution is 7.16. The number of carbonyl (C=O) groups excluding carboxylic acids is 1. The van der Waals surface area contributed by atoms with Crippen molar-refractivity contribution in [3.63, 3.8) is 0 Å². The number of nitrogens with one attached hydrogen (secondary N) is 1. The molecule has 3 aromatic rings. The first-order chi connectivity index (χ1) is 11.2. The molecule has 0 aliphatic heterocycles. The summed E-state index contributed by atoms with van der Waals surface area (Å²) >= 11 is 7.53. The van der Waals surface area contributed by atoms with Gasteiger partial charge in [0.2, 0.25) is 4.96 Å². The molecule has 118 valence electrons. The van der Waals surface area contributed by atoms with E-state index in [4.69, 9.17) is 11.6 Å². The van der Waals surface area contributed by atoms with Gasteiger partial charge in [0.15, 0.2) is 5.82 Å². The average molecular weight is 348 g/mol. The van der Waals surface area contributed by atoms with Crippen LogP contribution in [0, 0.1) is 0 Å². The van der Waals surface area contributed by atoms with Crippen LogP contribution in [0.4, 0.5) is 0 Å². The van der Waals surface area contributed by atoms with E-state index in [1.807, 2.05) is 4.52 Å². The zero-order chi connectivity index (χ0) is 15.8. The molecule has 8 heteroatoms. The molecule has 4 rings (SSSR count). The second-order valence-electron chi connectivity index (χ2n) is 5.51. The zero-order valence-electron chi connectivity index (χ0n) is 12.2. The van der Waals surface area contributed by atoms with Gasteiger partial charge >= 0.3 is 0 Å². The van der Waals surface area contributed by atoms with Crippen LogP contribution in [0.1, 0.15) is 39.9 Å². The minimum atomic E-state index is -0.169. The number of fused-ring (bicyclic) bond motifs is 1. The third-order valence-corrected chi connectivity index (χ3v) is 5.03.